The molecule has 1 aliphatic carbocycles. The standard InChI is InChI=1S/C7H14INO/c1-10-7-3-2-5(9)4-6(7)8/h5-7H,2-4,9H2,1H3. The lowest BCUT2D eigenvalue weighted by Crippen LogP contribution is -2.37. The van der Waals surface area contributed by atoms with Crippen LogP contribution in [0.5, 0.6) is 0 Å². The summed E-state index contributed by atoms with van der Waals surface area (Å²) in [5.41, 5.74) is 5.78. The van der Waals surface area contributed by atoms with Gasteiger partial charge in [-0.05, 0) is 19.3 Å². The molecule has 3 heteroatoms. The van der Waals surface area contributed by atoms with Crippen molar-refractivity contribution in [3.8, 4) is 0 Å². The molecule has 0 saturated heterocycles. The predicted molar refractivity (Wildman–Crippen MR) is 50.4 cm³/mol. The van der Waals surface area contributed by atoms with E-state index >= 15 is 0 Å². The van der Waals surface area contributed by atoms with E-state index in [1.54, 1.807) is 7.11 Å². The quantitative estimate of drug-likeness (QED) is 0.566. The van der Waals surface area contributed by atoms with E-state index in [4.69, 9.17) is 10.5 Å². The van der Waals surface area contributed by atoms with Crippen LogP contribution in [0, 0.1) is 0 Å². The van der Waals surface area contributed by atoms with Gasteiger partial charge in [0, 0.05) is 17.1 Å². The first-order valence-electron chi connectivity index (χ1n) is 3.66. The van der Waals surface area contributed by atoms with Crippen molar-refractivity contribution in [1.29, 1.82) is 0 Å². The first-order valence-corrected chi connectivity index (χ1v) is 4.91. The molecule has 0 aliphatic heterocycles. The van der Waals surface area contributed by atoms with Crippen LogP contribution in [0.2, 0.25) is 0 Å². The Bertz CT molecular complexity index is 110. The van der Waals surface area contributed by atoms with Gasteiger partial charge in [-0.3, -0.25) is 0 Å². The fourth-order valence-electron chi connectivity index (χ4n) is 1.38. The van der Waals surface area contributed by atoms with Crippen molar-refractivity contribution in [2.75, 3.05) is 7.11 Å². The number of methoxy groups -OCH3 is 1. The third-order valence-corrected chi connectivity index (χ3v) is 3.37. The molecule has 1 saturated carbocycles. The average Bonchev–Trinajstić information content (AvgIpc) is 1.88. The van der Waals surface area contributed by atoms with Gasteiger partial charge < -0.3 is 10.5 Å². The van der Waals surface area contributed by atoms with Crippen molar-refractivity contribution in [2.45, 2.75) is 35.3 Å². The first-order chi connectivity index (χ1) is 4.74. The maximum atomic E-state index is 5.78. The molecule has 2 nitrogen and oxygen atoms in total. The maximum absolute atomic E-state index is 5.78. The third-order valence-electron chi connectivity index (χ3n) is 2.06. The monoisotopic (exact) mass is 255 g/mol. The maximum Gasteiger partial charge on any atom is 0.0690 e. The summed E-state index contributed by atoms with van der Waals surface area (Å²) in [7, 11) is 1.78. The van der Waals surface area contributed by atoms with E-state index in [0.29, 0.717) is 16.1 Å². The van der Waals surface area contributed by atoms with E-state index in [-0.39, 0.29) is 0 Å². The number of halogens is 1. The van der Waals surface area contributed by atoms with Crippen LogP contribution in [0.25, 0.3) is 0 Å². The van der Waals surface area contributed by atoms with E-state index in [9.17, 15) is 0 Å². The Labute approximate surface area is 75.6 Å². The Hall–Kier alpha value is 0.650. The molecule has 1 aliphatic rings. The summed E-state index contributed by atoms with van der Waals surface area (Å²) in [5, 5.41) is 0. The summed E-state index contributed by atoms with van der Waals surface area (Å²) in [4.78, 5) is 0. The largest absolute Gasteiger partial charge is 0.380 e. The molecule has 0 spiro atoms. The number of rotatable bonds is 1. The lowest BCUT2D eigenvalue weighted by atomic mass is 9.94. The zero-order valence-corrected chi connectivity index (χ0v) is 8.37. The van der Waals surface area contributed by atoms with Crippen LogP contribution < -0.4 is 5.73 Å². The van der Waals surface area contributed by atoms with Crippen LogP contribution in [-0.4, -0.2) is 23.2 Å². The summed E-state index contributed by atoms with van der Waals surface area (Å²) in [6.07, 6.45) is 3.81. The van der Waals surface area contributed by atoms with Crippen molar-refractivity contribution in [3.05, 3.63) is 0 Å². The topological polar surface area (TPSA) is 35.2 Å². The van der Waals surface area contributed by atoms with E-state index in [2.05, 4.69) is 22.6 Å². The molecule has 1 fully saturated rings. The van der Waals surface area contributed by atoms with Crippen molar-refractivity contribution >= 4 is 22.6 Å². The molecule has 10 heavy (non-hydrogen) atoms. The summed E-state index contributed by atoms with van der Waals surface area (Å²) >= 11 is 2.43. The molecule has 0 heterocycles. The van der Waals surface area contributed by atoms with Gasteiger partial charge in [-0.25, -0.2) is 0 Å². The summed E-state index contributed by atoms with van der Waals surface area (Å²) in [5.74, 6) is 0. The van der Waals surface area contributed by atoms with Crippen LogP contribution in [0.3, 0.4) is 0 Å². The zero-order chi connectivity index (χ0) is 7.56. The molecule has 60 valence electrons. The van der Waals surface area contributed by atoms with Gasteiger partial charge in [0.15, 0.2) is 0 Å². The van der Waals surface area contributed by atoms with Crippen LogP contribution in [0.15, 0.2) is 0 Å². The minimum absolute atomic E-state index is 0.410. The molecule has 2 N–H and O–H groups in total. The zero-order valence-electron chi connectivity index (χ0n) is 6.22. The SMILES string of the molecule is COC1CCC(N)CC1I. The second-order valence-electron chi connectivity index (χ2n) is 2.86. The normalized spacial score (nSPS) is 41.7. The van der Waals surface area contributed by atoms with Crippen LogP contribution in [0.4, 0.5) is 0 Å². The van der Waals surface area contributed by atoms with Gasteiger partial charge in [0.2, 0.25) is 0 Å². The second-order valence-corrected chi connectivity index (χ2v) is 4.46. The van der Waals surface area contributed by atoms with Gasteiger partial charge in [-0.2, -0.15) is 0 Å². The average molecular weight is 255 g/mol. The molecular formula is C7H14INO. The molecular weight excluding hydrogens is 241 g/mol. The molecule has 0 amide bonds. The molecule has 0 aromatic heterocycles. The van der Waals surface area contributed by atoms with Gasteiger partial charge in [0.1, 0.15) is 0 Å². The number of nitrogens with two attached hydrogens (primary N) is 1. The molecule has 0 aromatic carbocycles. The van der Waals surface area contributed by atoms with Crippen molar-refractivity contribution in [2.24, 2.45) is 5.73 Å². The molecule has 0 radical (unpaired) electrons. The van der Waals surface area contributed by atoms with Gasteiger partial charge in [-0.1, -0.05) is 22.6 Å². The molecule has 0 aromatic rings. The number of alkyl halides is 1. The summed E-state index contributed by atoms with van der Waals surface area (Å²) < 4.78 is 5.91. The van der Waals surface area contributed by atoms with Crippen molar-refractivity contribution < 1.29 is 4.74 Å². The molecule has 3 atom stereocenters. The van der Waals surface area contributed by atoms with Crippen molar-refractivity contribution in [3.63, 3.8) is 0 Å². The molecule has 0 bridgehead atoms. The minimum Gasteiger partial charge on any atom is -0.380 e. The van der Waals surface area contributed by atoms with Gasteiger partial charge in [-0.15, -0.1) is 0 Å². The third kappa shape index (κ3) is 2.07. The molecule has 3 unspecified atom stereocenters. The highest BCUT2D eigenvalue weighted by atomic mass is 127. The number of hydrogen-bond acceptors (Lipinski definition) is 2. The Kier molecular flexibility index (Phi) is 3.39. The highest BCUT2D eigenvalue weighted by molar-refractivity contribution is 14.1. The first kappa shape index (κ1) is 8.74. The Morgan fingerprint density at radius 1 is 1.50 bits per heavy atom. The fourth-order valence-corrected chi connectivity index (χ4v) is 2.69. The van der Waals surface area contributed by atoms with E-state index < -0.39 is 0 Å². The summed E-state index contributed by atoms with van der Waals surface area (Å²) in [6, 6.07) is 0.410. The second kappa shape index (κ2) is 3.88. The Morgan fingerprint density at radius 2 is 2.20 bits per heavy atom. The van der Waals surface area contributed by atoms with E-state index in [1.165, 1.54) is 0 Å². The highest BCUT2D eigenvalue weighted by Gasteiger charge is 2.26. The lowest BCUT2D eigenvalue weighted by molar-refractivity contribution is 0.0760. The Balaban J connectivity index is 2.36. The minimum atomic E-state index is 0.410. The predicted octanol–water partition coefficient (Wildman–Crippen LogP) is 1.32. The Morgan fingerprint density at radius 3 is 2.70 bits per heavy atom. The van der Waals surface area contributed by atoms with E-state index in [0.717, 1.165) is 19.3 Å². The van der Waals surface area contributed by atoms with Crippen molar-refractivity contribution in [1.82, 2.24) is 0 Å². The van der Waals surface area contributed by atoms with Gasteiger partial charge >= 0.3 is 0 Å². The fraction of sp³-hybridized carbons (Fsp3) is 1.00. The smallest absolute Gasteiger partial charge is 0.0690 e. The van der Waals surface area contributed by atoms with E-state index in [1.807, 2.05) is 0 Å². The van der Waals surface area contributed by atoms with Crippen LogP contribution in [-0.2, 0) is 4.74 Å². The van der Waals surface area contributed by atoms with Crippen LogP contribution in [0.1, 0.15) is 19.3 Å². The van der Waals surface area contributed by atoms with Crippen LogP contribution >= 0.6 is 22.6 Å². The highest BCUT2D eigenvalue weighted by Crippen LogP contribution is 2.25. The number of ether oxygens (including phenoxy) is 1. The number of hydrogen-bond donors (Lipinski definition) is 1. The van der Waals surface area contributed by atoms with Gasteiger partial charge in [0.25, 0.3) is 0 Å². The molecule has 1 rings (SSSR count). The van der Waals surface area contributed by atoms with Gasteiger partial charge in [0.05, 0.1) is 6.10 Å². The summed E-state index contributed by atoms with van der Waals surface area (Å²) in [6.45, 7) is 0. The lowest BCUT2D eigenvalue weighted by Gasteiger charge is -2.29.